The van der Waals surface area contributed by atoms with Gasteiger partial charge in [-0.25, -0.2) is 4.98 Å². The maximum absolute atomic E-state index is 9.80. The Morgan fingerprint density at radius 3 is 2.64 bits per heavy atom. The normalized spacial score (nSPS) is 15.1. The first kappa shape index (κ1) is 16.1. The van der Waals surface area contributed by atoms with Crippen LogP contribution in [0.2, 0.25) is 0 Å². The van der Waals surface area contributed by atoms with Crippen molar-refractivity contribution in [2.75, 3.05) is 5.32 Å². The van der Waals surface area contributed by atoms with Crippen LogP contribution in [-0.4, -0.2) is 26.2 Å². The summed E-state index contributed by atoms with van der Waals surface area (Å²) in [7, 11) is 0. The molecule has 1 aromatic carbocycles. The number of anilines is 1. The summed E-state index contributed by atoms with van der Waals surface area (Å²) in [6.07, 6.45) is 6.81. The highest BCUT2D eigenvalue weighted by atomic mass is 16.3. The molecule has 0 amide bonds. The first-order chi connectivity index (χ1) is 12.3. The second-order valence-corrected chi connectivity index (χ2v) is 6.73. The van der Waals surface area contributed by atoms with Crippen molar-refractivity contribution in [3.8, 4) is 11.1 Å². The molecule has 4 rings (SSSR count). The van der Waals surface area contributed by atoms with Crippen LogP contribution < -0.4 is 5.32 Å². The quantitative estimate of drug-likeness (QED) is 0.574. The molecule has 2 heterocycles. The number of nitrogens with one attached hydrogen (secondary N) is 2. The van der Waals surface area contributed by atoms with Gasteiger partial charge in [0.1, 0.15) is 11.5 Å². The van der Waals surface area contributed by atoms with Gasteiger partial charge in [0, 0.05) is 17.6 Å². The number of aliphatic hydroxyl groups is 2. The average molecular weight is 337 g/mol. The van der Waals surface area contributed by atoms with E-state index in [-0.39, 0.29) is 13.2 Å². The van der Waals surface area contributed by atoms with Crippen molar-refractivity contribution in [2.24, 2.45) is 0 Å². The van der Waals surface area contributed by atoms with Crippen LogP contribution in [0.15, 0.2) is 36.5 Å². The molecule has 3 aromatic rings. The molecule has 1 fully saturated rings. The highest BCUT2D eigenvalue weighted by molar-refractivity contribution is 5.95. The number of aromatic amines is 1. The molecule has 25 heavy (non-hydrogen) atoms. The summed E-state index contributed by atoms with van der Waals surface area (Å²) in [5.41, 5.74) is 4.47. The lowest BCUT2D eigenvalue weighted by atomic mass is 9.96. The van der Waals surface area contributed by atoms with Gasteiger partial charge in [-0.15, -0.1) is 0 Å². The number of H-pyrrole nitrogens is 1. The van der Waals surface area contributed by atoms with Crippen LogP contribution >= 0.6 is 0 Å². The molecular formula is C20H23N3O2. The molecule has 0 aliphatic heterocycles. The molecule has 0 saturated heterocycles. The number of aromatic nitrogens is 2. The highest BCUT2D eigenvalue weighted by Crippen LogP contribution is 2.33. The first-order valence-corrected chi connectivity index (χ1v) is 8.87. The van der Waals surface area contributed by atoms with Gasteiger partial charge in [-0.05, 0) is 47.2 Å². The van der Waals surface area contributed by atoms with E-state index < -0.39 is 0 Å². The molecule has 1 aliphatic rings. The predicted octanol–water partition coefficient (Wildman–Crippen LogP) is 3.57. The summed E-state index contributed by atoms with van der Waals surface area (Å²) in [5, 5.41) is 23.7. The number of hydrogen-bond donors (Lipinski definition) is 4. The lowest BCUT2D eigenvalue weighted by molar-refractivity contribution is 0.276. The van der Waals surface area contributed by atoms with Crippen molar-refractivity contribution in [3.63, 3.8) is 0 Å². The Morgan fingerprint density at radius 1 is 1.04 bits per heavy atom. The number of nitrogens with zero attached hydrogens (tertiary/aromatic N) is 1. The summed E-state index contributed by atoms with van der Waals surface area (Å²) in [4.78, 5) is 7.91. The zero-order chi connectivity index (χ0) is 17.2. The minimum absolute atomic E-state index is 0.0301. The van der Waals surface area contributed by atoms with Crippen molar-refractivity contribution < 1.29 is 10.2 Å². The number of pyridine rings is 1. The molecule has 130 valence electrons. The number of benzene rings is 1. The molecule has 0 atom stereocenters. The van der Waals surface area contributed by atoms with Crippen LogP contribution in [-0.2, 0) is 13.2 Å². The Morgan fingerprint density at radius 2 is 1.88 bits per heavy atom. The van der Waals surface area contributed by atoms with Gasteiger partial charge >= 0.3 is 0 Å². The summed E-state index contributed by atoms with van der Waals surface area (Å²) in [5.74, 6) is 0.868. The number of aliphatic hydroxyl groups excluding tert-OH is 2. The van der Waals surface area contributed by atoms with Gasteiger partial charge in [0.2, 0.25) is 0 Å². The van der Waals surface area contributed by atoms with Gasteiger partial charge in [0.15, 0.2) is 0 Å². The third kappa shape index (κ3) is 3.13. The molecule has 0 unspecified atom stereocenters. The third-order valence-electron chi connectivity index (χ3n) is 5.05. The molecule has 0 bridgehead atoms. The zero-order valence-corrected chi connectivity index (χ0v) is 14.1. The Labute approximate surface area is 146 Å². The lowest BCUT2D eigenvalue weighted by Gasteiger charge is -2.16. The largest absolute Gasteiger partial charge is 0.392 e. The van der Waals surface area contributed by atoms with E-state index in [1.54, 1.807) is 0 Å². The van der Waals surface area contributed by atoms with Crippen LogP contribution in [0.1, 0.15) is 36.8 Å². The smallest absolute Gasteiger partial charge is 0.140 e. The number of hydrogen-bond acceptors (Lipinski definition) is 4. The lowest BCUT2D eigenvalue weighted by Crippen LogP contribution is -2.15. The third-order valence-corrected chi connectivity index (χ3v) is 5.05. The summed E-state index contributed by atoms with van der Waals surface area (Å²) in [6.45, 7) is -0.0968. The highest BCUT2D eigenvalue weighted by Gasteiger charge is 2.17. The molecule has 1 aliphatic carbocycles. The van der Waals surface area contributed by atoms with Crippen LogP contribution in [0, 0.1) is 0 Å². The number of fused-ring (bicyclic) bond motifs is 1. The average Bonchev–Trinajstić information content (AvgIpc) is 3.32. The van der Waals surface area contributed by atoms with E-state index in [2.05, 4.69) is 16.4 Å². The first-order valence-electron chi connectivity index (χ1n) is 8.87. The molecule has 0 radical (unpaired) electrons. The van der Waals surface area contributed by atoms with Gasteiger partial charge < -0.3 is 20.5 Å². The summed E-state index contributed by atoms with van der Waals surface area (Å²) in [6, 6.07) is 10.3. The van der Waals surface area contributed by atoms with E-state index in [1.165, 1.54) is 25.7 Å². The molecule has 5 nitrogen and oxygen atoms in total. The van der Waals surface area contributed by atoms with E-state index in [0.717, 1.165) is 39.1 Å². The Hall–Kier alpha value is -2.37. The molecule has 0 spiro atoms. The molecule has 4 N–H and O–H groups in total. The molecular weight excluding hydrogens is 314 g/mol. The fraction of sp³-hybridized carbons (Fsp3) is 0.350. The van der Waals surface area contributed by atoms with Gasteiger partial charge in [-0.2, -0.15) is 0 Å². The van der Waals surface area contributed by atoms with Gasteiger partial charge in [-0.3, -0.25) is 0 Å². The van der Waals surface area contributed by atoms with Crippen molar-refractivity contribution in [2.45, 2.75) is 44.9 Å². The fourth-order valence-corrected chi connectivity index (χ4v) is 3.75. The van der Waals surface area contributed by atoms with Crippen molar-refractivity contribution in [1.82, 2.24) is 9.97 Å². The van der Waals surface area contributed by atoms with Crippen molar-refractivity contribution >= 4 is 16.9 Å². The maximum Gasteiger partial charge on any atom is 0.140 e. The van der Waals surface area contributed by atoms with E-state index in [9.17, 15) is 10.2 Å². The summed E-state index contributed by atoms with van der Waals surface area (Å²) < 4.78 is 0. The standard InChI is InChI=1S/C20H23N3O2/c24-11-13-5-6-16(14(9-13)12-25)18-10-19(22-15-3-1-2-4-15)23-20-17(18)7-8-21-20/h5-10,15,24-25H,1-4,11-12H2,(H2,21,22,23). The van der Waals surface area contributed by atoms with Crippen LogP contribution in [0.4, 0.5) is 5.82 Å². The SMILES string of the molecule is OCc1ccc(-c2cc(NC3CCCC3)nc3[nH]ccc23)c(CO)c1. The monoisotopic (exact) mass is 337 g/mol. The fourth-order valence-electron chi connectivity index (χ4n) is 3.75. The minimum Gasteiger partial charge on any atom is -0.392 e. The second-order valence-electron chi connectivity index (χ2n) is 6.73. The molecule has 2 aromatic heterocycles. The van der Waals surface area contributed by atoms with Crippen LogP contribution in [0.5, 0.6) is 0 Å². The van der Waals surface area contributed by atoms with E-state index in [1.807, 2.05) is 30.5 Å². The minimum atomic E-state index is -0.0667. The Balaban J connectivity index is 1.81. The molecule has 5 heteroatoms. The van der Waals surface area contributed by atoms with E-state index in [4.69, 9.17) is 4.98 Å². The van der Waals surface area contributed by atoms with Crippen LogP contribution in [0.25, 0.3) is 22.2 Å². The van der Waals surface area contributed by atoms with Crippen molar-refractivity contribution in [3.05, 3.63) is 47.7 Å². The predicted molar refractivity (Wildman–Crippen MR) is 99.3 cm³/mol. The Kier molecular flexibility index (Phi) is 4.42. The zero-order valence-electron chi connectivity index (χ0n) is 14.1. The maximum atomic E-state index is 9.80. The topological polar surface area (TPSA) is 81.2 Å². The van der Waals surface area contributed by atoms with Gasteiger partial charge in [0.25, 0.3) is 0 Å². The van der Waals surface area contributed by atoms with Gasteiger partial charge in [-0.1, -0.05) is 31.0 Å². The second kappa shape index (κ2) is 6.86. The summed E-state index contributed by atoms with van der Waals surface area (Å²) >= 11 is 0. The van der Waals surface area contributed by atoms with Crippen molar-refractivity contribution in [1.29, 1.82) is 0 Å². The Bertz CT molecular complexity index is 882. The van der Waals surface area contributed by atoms with Crippen LogP contribution in [0.3, 0.4) is 0 Å². The van der Waals surface area contributed by atoms with E-state index >= 15 is 0 Å². The number of rotatable bonds is 5. The molecule has 1 saturated carbocycles. The van der Waals surface area contributed by atoms with Gasteiger partial charge in [0.05, 0.1) is 13.2 Å². The van der Waals surface area contributed by atoms with E-state index in [0.29, 0.717) is 6.04 Å².